The number of anilines is 1. The Morgan fingerprint density at radius 2 is 2.21 bits per heavy atom. The van der Waals surface area contributed by atoms with E-state index in [9.17, 15) is 15.0 Å². The molecule has 3 rings (SSSR count). The maximum Gasteiger partial charge on any atom is 0.323 e. The molecule has 156 valence electrons. The molecule has 2 aromatic rings. The van der Waals surface area contributed by atoms with E-state index in [1.165, 1.54) is 17.8 Å². The van der Waals surface area contributed by atoms with Crippen LogP contribution in [0.1, 0.15) is 32.6 Å². The van der Waals surface area contributed by atoms with Crippen molar-refractivity contribution in [1.29, 1.82) is 0 Å². The predicted molar refractivity (Wildman–Crippen MR) is 104 cm³/mol. The molecule has 0 aromatic carbocycles. The molecule has 0 spiro atoms. The summed E-state index contributed by atoms with van der Waals surface area (Å²) in [5, 5.41) is 21.4. The smallest absolute Gasteiger partial charge is 0.323 e. The van der Waals surface area contributed by atoms with E-state index >= 15 is 0 Å². The number of rotatable bonds is 5. The second-order valence-corrected chi connectivity index (χ2v) is 7.61. The van der Waals surface area contributed by atoms with E-state index in [4.69, 9.17) is 27.4 Å². The molecule has 1 fully saturated rings. The SMILES string of the molecule is C#Cc1cn([C@@H]2O[C@H](CO)[C@@H](OC(=O)C(N)C(C)C)[C@@]2(C)O)c2ncnc(N)c12. The molecule has 5 atom stereocenters. The summed E-state index contributed by atoms with van der Waals surface area (Å²) in [6.45, 7) is 4.51. The molecule has 2 aromatic heterocycles. The first-order valence-corrected chi connectivity index (χ1v) is 9.15. The Morgan fingerprint density at radius 3 is 2.79 bits per heavy atom. The van der Waals surface area contributed by atoms with Crippen molar-refractivity contribution in [1.82, 2.24) is 14.5 Å². The molecule has 1 aliphatic rings. The number of aromatic nitrogens is 3. The molecule has 10 nitrogen and oxygen atoms in total. The van der Waals surface area contributed by atoms with Gasteiger partial charge in [0.1, 0.15) is 35.5 Å². The topological polar surface area (TPSA) is 159 Å². The number of hydrogen-bond donors (Lipinski definition) is 4. The summed E-state index contributed by atoms with van der Waals surface area (Å²) in [5.74, 6) is 1.84. The number of aliphatic hydroxyl groups is 2. The van der Waals surface area contributed by atoms with Gasteiger partial charge in [-0.3, -0.25) is 4.79 Å². The van der Waals surface area contributed by atoms with Gasteiger partial charge in [-0.15, -0.1) is 6.42 Å². The number of carbonyl (C=O) groups excluding carboxylic acids is 1. The average molecular weight is 403 g/mol. The molecule has 0 aliphatic carbocycles. The van der Waals surface area contributed by atoms with Crippen molar-refractivity contribution in [2.45, 2.75) is 50.8 Å². The minimum Gasteiger partial charge on any atom is -0.455 e. The van der Waals surface area contributed by atoms with Crippen molar-refractivity contribution in [3.63, 3.8) is 0 Å². The van der Waals surface area contributed by atoms with Crippen LogP contribution in [0, 0.1) is 18.3 Å². The zero-order valence-electron chi connectivity index (χ0n) is 16.4. The van der Waals surface area contributed by atoms with E-state index in [1.54, 1.807) is 20.0 Å². The number of esters is 1. The summed E-state index contributed by atoms with van der Waals surface area (Å²) in [5.41, 5.74) is 10.8. The lowest BCUT2D eigenvalue weighted by molar-refractivity contribution is -0.166. The number of fused-ring (bicyclic) bond motifs is 1. The van der Waals surface area contributed by atoms with Crippen molar-refractivity contribution in [2.24, 2.45) is 11.7 Å². The lowest BCUT2D eigenvalue weighted by Gasteiger charge is -2.31. The highest BCUT2D eigenvalue weighted by molar-refractivity contribution is 5.92. The van der Waals surface area contributed by atoms with Crippen LogP contribution >= 0.6 is 0 Å². The van der Waals surface area contributed by atoms with Crippen LogP contribution in [0.2, 0.25) is 0 Å². The molecule has 0 bridgehead atoms. The second kappa shape index (κ2) is 7.61. The molecule has 10 heteroatoms. The van der Waals surface area contributed by atoms with Gasteiger partial charge in [0.05, 0.1) is 17.6 Å². The fourth-order valence-electron chi connectivity index (χ4n) is 3.45. The van der Waals surface area contributed by atoms with Crippen molar-refractivity contribution < 1.29 is 24.5 Å². The van der Waals surface area contributed by atoms with Crippen LogP contribution in [0.4, 0.5) is 5.82 Å². The van der Waals surface area contributed by atoms with Gasteiger partial charge in [-0.05, 0) is 12.8 Å². The Labute approximate surface area is 167 Å². The van der Waals surface area contributed by atoms with Crippen LogP contribution < -0.4 is 11.5 Å². The summed E-state index contributed by atoms with van der Waals surface area (Å²) >= 11 is 0. The molecule has 29 heavy (non-hydrogen) atoms. The first kappa shape index (κ1) is 21.0. The number of aliphatic hydroxyl groups excluding tert-OH is 1. The molecular formula is C19H25N5O5. The van der Waals surface area contributed by atoms with Crippen LogP contribution in [-0.2, 0) is 14.3 Å². The van der Waals surface area contributed by atoms with Crippen molar-refractivity contribution in [2.75, 3.05) is 12.3 Å². The highest BCUT2D eigenvalue weighted by Gasteiger charge is 2.56. The number of hydrogen-bond acceptors (Lipinski definition) is 9. The summed E-state index contributed by atoms with van der Waals surface area (Å²) in [6, 6.07) is -0.878. The molecule has 0 saturated carbocycles. The van der Waals surface area contributed by atoms with E-state index in [0.29, 0.717) is 16.6 Å². The Morgan fingerprint density at radius 1 is 1.52 bits per heavy atom. The molecule has 1 saturated heterocycles. The van der Waals surface area contributed by atoms with Crippen LogP contribution in [0.25, 0.3) is 11.0 Å². The molecule has 1 unspecified atom stereocenters. The van der Waals surface area contributed by atoms with Gasteiger partial charge < -0.3 is 35.7 Å². The molecule has 3 heterocycles. The predicted octanol–water partition coefficient (Wildman–Crippen LogP) is -0.469. The maximum atomic E-state index is 12.4. The van der Waals surface area contributed by atoms with Gasteiger partial charge in [0.15, 0.2) is 12.3 Å². The largest absolute Gasteiger partial charge is 0.455 e. The van der Waals surface area contributed by atoms with Crippen LogP contribution in [0.15, 0.2) is 12.5 Å². The first-order valence-electron chi connectivity index (χ1n) is 9.15. The van der Waals surface area contributed by atoms with Crippen LogP contribution in [-0.4, -0.2) is 61.2 Å². The van der Waals surface area contributed by atoms with E-state index in [0.717, 1.165) is 0 Å². The Balaban J connectivity index is 2.02. The quantitative estimate of drug-likeness (QED) is 0.382. The number of terminal acetylenes is 1. The van der Waals surface area contributed by atoms with E-state index < -0.39 is 42.7 Å². The fourth-order valence-corrected chi connectivity index (χ4v) is 3.45. The molecule has 0 radical (unpaired) electrons. The number of nitrogens with zero attached hydrogens (tertiary/aromatic N) is 3. The third kappa shape index (κ3) is 3.42. The van der Waals surface area contributed by atoms with Gasteiger partial charge in [0, 0.05) is 6.20 Å². The number of ether oxygens (including phenoxy) is 2. The molecule has 0 amide bonds. The van der Waals surface area contributed by atoms with Gasteiger partial charge in [-0.2, -0.15) is 0 Å². The van der Waals surface area contributed by atoms with Crippen LogP contribution in [0.3, 0.4) is 0 Å². The zero-order chi connectivity index (χ0) is 21.5. The lowest BCUT2D eigenvalue weighted by Crippen LogP contribution is -2.50. The molecule has 6 N–H and O–H groups in total. The summed E-state index contributed by atoms with van der Waals surface area (Å²) in [4.78, 5) is 20.5. The zero-order valence-corrected chi connectivity index (χ0v) is 16.4. The average Bonchev–Trinajstić information content (AvgIpc) is 3.16. The van der Waals surface area contributed by atoms with E-state index in [2.05, 4.69) is 15.9 Å². The van der Waals surface area contributed by atoms with Gasteiger partial charge in [0.2, 0.25) is 0 Å². The summed E-state index contributed by atoms with van der Waals surface area (Å²) in [6.07, 6.45) is 5.17. The number of carbonyl (C=O) groups is 1. The third-order valence-electron chi connectivity index (χ3n) is 5.18. The van der Waals surface area contributed by atoms with E-state index in [1.807, 2.05) is 0 Å². The minimum absolute atomic E-state index is 0.163. The summed E-state index contributed by atoms with van der Waals surface area (Å²) in [7, 11) is 0. The Kier molecular flexibility index (Phi) is 5.51. The Hall–Kier alpha value is -2.71. The van der Waals surface area contributed by atoms with Gasteiger partial charge in [-0.25, -0.2) is 9.97 Å². The van der Waals surface area contributed by atoms with Gasteiger partial charge in [-0.1, -0.05) is 19.8 Å². The monoisotopic (exact) mass is 403 g/mol. The highest BCUT2D eigenvalue weighted by Crippen LogP contribution is 2.42. The van der Waals surface area contributed by atoms with Gasteiger partial charge >= 0.3 is 5.97 Å². The lowest BCUT2D eigenvalue weighted by atomic mass is 9.95. The minimum atomic E-state index is -1.72. The molecule has 1 aliphatic heterocycles. The normalized spacial score (nSPS) is 27.9. The van der Waals surface area contributed by atoms with Crippen molar-refractivity contribution in [3.05, 3.63) is 18.1 Å². The standard InChI is InChI=1S/C19H25N5O5/c1-5-10-6-24(16-12(10)15(21)22-8-23-16)18-19(4,27)14(11(7-25)28-18)29-17(26)13(20)9(2)3/h1,6,8-9,11,13-14,18,25,27H,7,20H2,2-4H3,(H2,21,22,23)/t11-,13?,14-,18-,19-/m1/s1. The van der Waals surface area contributed by atoms with Gasteiger partial charge in [0.25, 0.3) is 0 Å². The molecular weight excluding hydrogens is 378 g/mol. The second-order valence-electron chi connectivity index (χ2n) is 7.61. The fraction of sp³-hybridized carbons (Fsp3) is 0.526. The third-order valence-corrected chi connectivity index (χ3v) is 5.18. The summed E-state index contributed by atoms with van der Waals surface area (Å²) < 4.78 is 12.8. The van der Waals surface area contributed by atoms with Crippen molar-refractivity contribution >= 4 is 22.8 Å². The maximum absolute atomic E-state index is 12.4. The van der Waals surface area contributed by atoms with Crippen molar-refractivity contribution in [3.8, 4) is 12.3 Å². The highest BCUT2D eigenvalue weighted by atomic mass is 16.6. The van der Waals surface area contributed by atoms with E-state index in [-0.39, 0.29) is 11.7 Å². The number of nitrogen functional groups attached to an aromatic ring is 1. The Bertz CT molecular complexity index is 964. The number of nitrogens with two attached hydrogens (primary N) is 2. The first-order chi connectivity index (χ1) is 13.6. The van der Waals surface area contributed by atoms with Crippen LogP contribution in [0.5, 0.6) is 0 Å².